The first-order valence-electron chi connectivity index (χ1n) is 9.12. The average molecular weight is 321 g/mol. The maximum Gasteiger partial charge on any atom is 0.272 e. The summed E-state index contributed by atoms with van der Waals surface area (Å²) in [5, 5.41) is 0. The largest absolute Gasteiger partial charge is 0.379 e. The van der Waals surface area contributed by atoms with E-state index in [-0.39, 0.29) is 5.56 Å². The minimum absolute atomic E-state index is 0.126. The lowest BCUT2D eigenvalue weighted by Crippen LogP contribution is -2.40. The van der Waals surface area contributed by atoms with E-state index >= 15 is 0 Å². The van der Waals surface area contributed by atoms with Crippen LogP contribution in [0.25, 0.3) is 0 Å². The molecule has 23 heavy (non-hydrogen) atoms. The van der Waals surface area contributed by atoms with Gasteiger partial charge in [-0.3, -0.25) is 14.7 Å². The highest BCUT2D eigenvalue weighted by molar-refractivity contribution is 5.17. The molecule has 0 aromatic carbocycles. The molecule has 1 aromatic heterocycles. The lowest BCUT2D eigenvalue weighted by molar-refractivity contribution is 0.0361. The van der Waals surface area contributed by atoms with Gasteiger partial charge in [-0.15, -0.1) is 0 Å². The normalized spacial score (nSPS) is 16.0. The quantitative estimate of drug-likeness (QED) is 0.735. The van der Waals surface area contributed by atoms with Crippen molar-refractivity contribution in [1.82, 2.24) is 14.5 Å². The van der Waals surface area contributed by atoms with Crippen molar-refractivity contribution in [1.29, 1.82) is 0 Å². The number of unbranched alkanes of at least 4 members (excludes halogenated alkanes) is 1. The molecule has 1 saturated heterocycles. The van der Waals surface area contributed by atoms with Crippen LogP contribution >= 0.6 is 0 Å². The smallest absolute Gasteiger partial charge is 0.272 e. The van der Waals surface area contributed by atoms with Crippen molar-refractivity contribution >= 4 is 0 Å². The monoisotopic (exact) mass is 321 g/mol. The second-order valence-electron chi connectivity index (χ2n) is 6.17. The molecule has 0 amide bonds. The first-order valence-corrected chi connectivity index (χ1v) is 9.12. The third-order valence-corrected chi connectivity index (χ3v) is 4.60. The molecule has 0 N–H and O–H groups in total. The maximum absolute atomic E-state index is 12.9. The summed E-state index contributed by atoms with van der Waals surface area (Å²) in [7, 11) is 0. The van der Waals surface area contributed by atoms with Gasteiger partial charge in [-0.25, -0.2) is 0 Å². The highest BCUT2D eigenvalue weighted by Gasteiger charge is 2.16. The number of hydrogen-bond acceptors (Lipinski definition) is 4. The molecule has 0 bridgehead atoms. The molecule has 2 heterocycles. The van der Waals surface area contributed by atoms with Gasteiger partial charge in [-0.2, -0.15) is 0 Å². The maximum atomic E-state index is 12.9. The second kappa shape index (κ2) is 9.18. The van der Waals surface area contributed by atoms with Crippen molar-refractivity contribution < 1.29 is 4.74 Å². The molecule has 0 spiro atoms. The zero-order valence-corrected chi connectivity index (χ0v) is 14.9. The Bertz CT molecular complexity index is 548. The predicted molar refractivity (Wildman–Crippen MR) is 93.1 cm³/mol. The lowest BCUT2D eigenvalue weighted by atomic mass is 10.1. The van der Waals surface area contributed by atoms with Crippen LogP contribution in [0.1, 0.15) is 50.7 Å². The Labute approximate surface area is 139 Å². The van der Waals surface area contributed by atoms with Crippen molar-refractivity contribution in [3.8, 4) is 0 Å². The molecule has 1 aliphatic heterocycles. The fraction of sp³-hybridized carbons (Fsp3) is 0.778. The van der Waals surface area contributed by atoms with E-state index in [9.17, 15) is 4.79 Å². The molecule has 2 rings (SSSR count). The van der Waals surface area contributed by atoms with Gasteiger partial charge in [0, 0.05) is 31.9 Å². The molecule has 0 unspecified atom stereocenters. The molecule has 1 aromatic rings. The van der Waals surface area contributed by atoms with E-state index in [0.717, 1.165) is 88.6 Å². The summed E-state index contributed by atoms with van der Waals surface area (Å²) in [6, 6.07) is 0. The second-order valence-corrected chi connectivity index (χ2v) is 6.17. The Morgan fingerprint density at radius 1 is 1.04 bits per heavy atom. The summed E-state index contributed by atoms with van der Waals surface area (Å²) >= 11 is 0. The molecule has 0 atom stereocenters. The standard InChI is InChI=1S/C18H31N3O2/c1-4-7-8-16-18(22)21(17(6-3)15(5-2)19-16)10-9-20-11-13-23-14-12-20/h4-14H2,1-3H3. The zero-order valence-electron chi connectivity index (χ0n) is 14.9. The molecule has 5 heteroatoms. The summed E-state index contributed by atoms with van der Waals surface area (Å²) in [6.07, 6.45) is 4.67. The summed E-state index contributed by atoms with van der Waals surface area (Å²) in [4.78, 5) is 19.9. The van der Waals surface area contributed by atoms with Crippen LogP contribution in [0.3, 0.4) is 0 Å². The topological polar surface area (TPSA) is 47.4 Å². The summed E-state index contributed by atoms with van der Waals surface area (Å²) in [6.45, 7) is 11.6. The minimum atomic E-state index is 0.126. The molecule has 1 fully saturated rings. The zero-order chi connectivity index (χ0) is 16.7. The van der Waals surface area contributed by atoms with Crippen LogP contribution in [0.15, 0.2) is 4.79 Å². The van der Waals surface area contributed by atoms with E-state index in [1.165, 1.54) is 0 Å². The van der Waals surface area contributed by atoms with Crippen molar-refractivity contribution in [3.05, 3.63) is 27.4 Å². The van der Waals surface area contributed by atoms with Gasteiger partial charge >= 0.3 is 0 Å². The number of rotatable bonds is 8. The highest BCUT2D eigenvalue weighted by Crippen LogP contribution is 2.10. The van der Waals surface area contributed by atoms with Crippen molar-refractivity contribution in [2.75, 3.05) is 32.8 Å². The SMILES string of the molecule is CCCCc1nc(CC)c(CC)n(CCN2CCOCC2)c1=O. The fourth-order valence-corrected chi connectivity index (χ4v) is 3.20. The molecule has 0 saturated carbocycles. The Kier molecular flexibility index (Phi) is 7.24. The third-order valence-electron chi connectivity index (χ3n) is 4.60. The van der Waals surface area contributed by atoms with Crippen LogP contribution in [-0.2, 0) is 30.5 Å². The van der Waals surface area contributed by atoms with E-state index in [0.29, 0.717) is 0 Å². The van der Waals surface area contributed by atoms with Crippen molar-refractivity contribution in [3.63, 3.8) is 0 Å². The predicted octanol–water partition coefficient (Wildman–Crippen LogP) is 2.04. The number of ether oxygens (including phenoxy) is 1. The minimum Gasteiger partial charge on any atom is -0.379 e. The van der Waals surface area contributed by atoms with Crippen LogP contribution in [0, 0.1) is 0 Å². The fourth-order valence-electron chi connectivity index (χ4n) is 3.20. The Morgan fingerprint density at radius 3 is 2.39 bits per heavy atom. The molecular formula is C18H31N3O2. The molecule has 130 valence electrons. The first kappa shape index (κ1) is 18.1. The van der Waals surface area contributed by atoms with E-state index < -0.39 is 0 Å². The Hall–Kier alpha value is -1.20. The Balaban J connectivity index is 2.24. The number of aromatic nitrogens is 2. The van der Waals surface area contributed by atoms with Gasteiger partial charge in [0.05, 0.1) is 18.9 Å². The summed E-state index contributed by atoms with van der Waals surface area (Å²) in [5.74, 6) is 0. The van der Waals surface area contributed by atoms with Crippen LogP contribution in [-0.4, -0.2) is 47.3 Å². The van der Waals surface area contributed by atoms with Crippen molar-refractivity contribution in [2.24, 2.45) is 0 Å². The molecule has 5 nitrogen and oxygen atoms in total. The molecule has 1 aliphatic rings. The van der Waals surface area contributed by atoms with Crippen LogP contribution in [0.4, 0.5) is 0 Å². The van der Waals surface area contributed by atoms with E-state index in [1.54, 1.807) is 0 Å². The van der Waals surface area contributed by atoms with Crippen LogP contribution in [0.2, 0.25) is 0 Å². The summed E-state index contributed by atoms with van der Waals surface area (Å²) < 4.78 is 7.39. The molecular weight excluding hydrogens is 290 g/mol. The number of morpholine rings is 1. The van der Waals surface area contributed by atoms with Gasteiger partial charge < -0.3 is 9.30 Å². The van der Waals surface area contributed by atoms with Crippen LogP contribution < -0.4 is 5.56 Å². The van der Waals surface area contributed by atoms with Gasteiger partial charge in [0.25, 0.3) is 5.56 Å². The van der Waals surface area contributed by atoms with E-state index in [2.05, 4.69) is 30.7 Å². The third kappa shape index (κ3) is 4.64. The molecule has 0 aliphatic carbocycles. The van der Waals surface area contributed by atoms with Gasteiger partial charge in [-0.1, -0.05) is 27.2 Å². The molecule has 0 radical (unpaired) electrons. The van der Waals surface area contributed by atoms with E-state index in [1.807, 2.05) is 4.57 Å². The van der Waals surface area contributed by atoms with Gasteiger partial charge in [0.15, 0.2) is 0 Å². The highest BCUT2D eigenvalue weighted by atomic mass is 16.5. The number of aryl methyl sites for hydroxylation is 2. The summed E-state index contributed by atoms with van der Waals surface area (Å²) in [5.41, 5.74) is 3.09. The average Bonchev–Trinajstić information content (AvgIpc) is 2.60. The first-order chi connectivity index (χ1) is 11.2. The number of nitrogens with zero attached hydrogens (tertiary/aromatic N) is 3. The van der Waals surface area contributed by atoms with Gasteiger partial charge in [0.2, 0.25) is 0 Å². The van der Waals surface area contributed by atoms with Gasteiger partial charge in [0.1, 0.15) is 5.69 Å². The van der Waals surface area contributed by atoms with Crippen LogP contribution in [0.5, 0.6) is 0 Å². The Morgan fingerprint density at radius 2 is 1.78 bits per heavy atom. The van der Waals surface area contributed by atoms with Gasteiger partial charge in [-0.05, 0) is 25.7 Å². The van der Waals surface area contributed by atoms with Crippen molar-refractivity contribution in [2.45, 2.75) is 59.4 Å². The number of hydrogen-bond donors (Lipinski definition) is 0. The van der Waals surface area contributed by atoms with E-state index in [4.69, 9.17) is 4.74 Å². The lowest BCUT2D eigenvalue weighted by Gasteiger charge is -2.27.